The first-order valence-corrected chi connectivity index (χ1v) is 3.52. The Bertz CT molecular complexity index is 114. The van der Waals surface area contributed by atoms with Gasteiger partial charge in [-0.3, -0.25) is 0 Å². The van der Waals surface area contributed by atoms with Gasteiger partial charge in [0.25, 0.3) is 0 Å². The second-order valence-corrected chi connectivity index (χ2v) is 2.46. The van der Waals surface area contributed by atoms with Crippen LogP contribution in [0.4, 0.5) is 4.79 Å². The van der Waals surface area contributed by atoms with E-state index in [9.17, 15) is 4.79 Å². The lowest BCUT2D eigenvalue weighted by atomic mass is 10.4. The van der Waals surface area contributed by atoms with Crippen molar-refractivity contribution in [2.75, 3.05) is 34.4 Å². The molecule has 4 nitrogen and oxygen atoms in total. The Labute approximate surface area is 67.1 Å². The van der Waals surface area contributed by atoms with Crippen LogP contribution in [0.15, 0.2) is 0 Å². The molecule has 0 fully saturated rings. The van der Waals surface area contributed by atoms with Crippen LogP contribution in [-0.2, 0) is 9.47 Å². The van der Waals surface area contributed by atoms with Gasteiger partial charge in [0.1, 0.15) is 0 Å². The minimum absolute atomic E-state index is 0.421. The highest BCUT2D eigenvalue weighted by molar-refractivity contribution is 5.59. The molecule has 11 heavy (non-hydrogen) atoms. The molecule has 0 aromatic heterocycles. The molecule has 0 aliphatic rings. The van der Waals surface area contributed by atoms with E-state index in [2.05, 4.69) is 9.47 Å². The monoisotopic (exact) mass is 161 g/mol. The van der Waals surface area contributed by atoms with Crippen molar-refractivity contribution in [3.8, 4) is 0 Å². The van der Waals surface area contributed by atoms with Crippen LogP contribution < -0.4 is 0 Å². The zero-order valence-electron chi connectivity index (χ0n) is 7.29. The van der Waals surface area contributed by atoms with Crippen LogP contribution in [0.1, 0.15) is 6.42 Å². The van der Waals surface area contributed by atoms with Gasteiger partial charge in [-0.2, -0.15) is 0 Å². The average molecular weight is 161 g/mol. The molecule has 0 aromatic rings. The first-order chi connectivity index (χ1) is 5.16. The molecular weight excluding hydrogens is 146 g/mol. The molecule has 0 heterocycles. The van der Waals surface area contributed by atoms with Gasteiger partial charge in [-0.05, 0) is 20.5 Å². The molecule has 0 N–H and O–H groups in total. The third kappa shape index (κ3) is 7.12. The highest BCUT2D eigenvalue weighted by atomic mass is 16.7. The van der Waals surface area contributed by atoms with E-state index in [0.717, 1.165) is 13.0 Å². The third-order valence-corrected chi connectivity index (χ3v) is 1.14. The van der Waals surface area contributed by atoms with Crippen molar-refractivity contribution in [1.82, 2.24) is 4.90 Å². The Kier molecular flexibility index (Phi) is 5.56. The fourth-order valence-electron chi connectivity index (χ4n) is 0.595. The lowest BCUT2D eigenvalue weighted by Crippen LogP contribution is -2.16. The van der Waals surface area contributed by atoms with Gasteiger partial charge in [0, 0.05) is 6.54 Å². The lowest BCUT2D eigenvalue weighted by Gasteiger charge is -2.08. The number of hydrogen-bond acceptors (Lipinski definition) is 4. The van der Waals surface area contributed by atoms with Crippen LogP contribution >= 0.6 is 0 Å². The highest BCUT2D eigenvalue weighted by Gasteiger charge is 1.98. The Hall–Kier alpha value is -0.770. The van der Waals surface area contributed by atoms with Gasteiger partial charge in [0.2, 0.25) is 0 Å². The number of methoxy groups -OCH3 is 1. The maximum atomic E-state index is 10.4. The minimum Gasteiger partial charge on any atom is -0.438 e. The molecule has 0 radical (unpaired) electrons. The van der Waals surface area contributed by atoms with E-state index >= 15 is 0 Å². The molecular formula is C7H15NO3. The van der Waals surface area contributed by atoms with E-state index in [1.165, 1.54) is 7.11 Å². The SMILES string of the molecule is COC(=O)OCCCN(C)C. The number of hydrogen-bond donors (Lipinski definition) is 0. The summed E-state index contributed by atoms with van der Waals surface area (Å²) in [6.45, 7) is 1.34. The Morgan fingerprint density at radius 1 is 1.45 bits per heavy atom. The van der Waals surface area contributed by atoms with E-state index in [1.54, 1.807) is 0 Å². The maximum Gasteiger partial charge on any atom is 0.507 e. The summed E-state index contributed by atoms with van der Waals surface area (Å²) in [7, 11) is 5.24. The number of nitrogens with zero attached hydrogens (tertiary/aromatic N) is 1. The first-order valence-electron chi connectivity index (χ1n) is 3.52. The summed E-state index contributed by atoms with van der Waals surface area (Å²) in [5, 5.41) is 0. The molecule has 0 unspecified atom stereocenters. The van der Waals surface area contributed by atoms with Gasteiger partial charge in [-0.1, -0.05) is 0 Å². The molecule has 4 heteroatoms. The molecule has 0 saturated heterocycles. The molecule has 0 aromatic carbocycles. The second-order valence-electron chi connectivity index (χ2n) is 2.46. The molecule has 0 atom stereocenters. The predicted molar refractivity (Wildman–Crippen MR) is 41.5 cm³/mol. The quantitative estimate of drug-likeness (QED) is 0.450. The Morgan fingerprint density at radius 2 is 2.09 bits per heavy atom. The molecule has 0 aliphatic carbocycles. The van der Waals surface area contributed by atoms with Crippen LogP contribution in [0, 0.1) is 0 Å². The van der Waals surface area contributed by atoms with E-state index in [4.69, 9.17) is 0 Å². The minimum atomic E-state index is -0.608. The van der Waals surface area contributed by atoms with Gasteiger partial charge in [-0.15, -0.1) is 0 Å². The lowest BCUT2D eigenvalue weighted by molar-refractivity contribution is 0.0703. The van der Waals surface area contributed by atoms with Crippen LogP contribution in [0.25, 0.3) is 0 Å². The van der Waals surface area contributed by atoms with E-state index in [1.807, 2.05) is 19.0 Å². The molecule has 0 bridgehead atoms. The van der Waals surface area contributed by atoms with Crippen molar-refractivity contribution in [3.05, 3.63) is 0 Å². The van der Waals surface area contributed by atoms with Crippen molar-refractivity contribution < 1.29 is 14.3 Å². The predicted octanol–water partition coefficient (Wildman–Crippen LogP) is 0.721. The van der Waals surface area contributed by atoms with Gasteiger partial charge < -0.3 is 14.4 Å². The summed E-state index contributed by atoms with van der Waals surface area (Å²) in [5.41, 5.74) is 0. The van der Waals surface area contributed by atoms with Crippen molar-refractivity contribution in [3.63, 3.8) is 0 Å². The van der Waals surface area contributed by atoms with Crippen molar-refractivity contribution in [2.45, 2.75) is 6.42 Å². The van der Waals surface area contributed by atoms with Crippen molar-refractivity contribution in [2.24, 2.45) is 0 Å². The topological polar surface area (TPSA) is 38.8 Å². The molecule has 0 spiro atoms. The van der Waals surface area contributed by atoms with Crippen LogP contribution in [-0.4, -0.2) is 45.4 Å². The molecule has 0 rings (SSSR count). The molecule has 0 aliphatic heterocycles. The largest absolute Gasteiger partial charge is 0.507 e. The standard InChI is InChI=1S/C7H15NO3/c1-8(2)5-4-6-11-7(9)10-3/h4-6H2,1-3H3. The van der Waals surface area contributed by atoms with Crippen LogP contribution in [0.2, 0.25) is 0 Å². The summed E-state index contributed by atoms with van der Waals surface area (Å²) in [4.78, 5) is 12.4. The van der Waals surface area contributed by atoms with Gasteiger partial charge >= 0.3 is 6.16 Å². The summed E-state index contributed by atoms with van der Waals surface area (Å²) >= 11 is 0. The van der Waals surface area contributed by atoms with Gasteiger partial charge in [-0.25, -0.2) is 4.79 Å². The number of rotatable bonds is 4. The second kappa shape index (κ2) is 5.97. The third-order valence-electron chi connectivity index (χ3n) is 1.14. The normalized spacial score (nSPS) is 9.82. The van der Waals surface area contributed by atoms with Gasteiger partial charge in [0.05, 0.1) is 13.7 Å². The molecule has 66 valence electrons. The smallest absolute Gasteiger partial charge is 0.438 e. The zero-order valence-corrected chi connectivity index (χ0v) is 7.29. The average Bonchev–Trinajstić information content (AvgIpc) is 1.97. The van der Waals surface area contributed by atoms with E-state index in [-0.39, 0.29) is 0 Å². The highest BCUT2D eigenvalue weighted by Crippen LogP contribution is 1.87. The number of carbonyl (C=O) groups excluding carboxylic acids is 1. The number of carbonyl (C=O) groups is 1. The maximum absolute atomic E-state index is 10.4. The fraction of sp³-hybridized carbons (Fsp3) is 0.857. The number of ether oxygens (including phenoxy) is 2. The Balaban J connectivity index is 3.08. The van der Waals surface area contributed by atoms with E-state index < -0.39 is 6.16 Å². The summed E-state index contributed by atoms with van der Waals surface area (Å²) in [6.07, 6.45) is 0.228. The van der Waals surface area contributed by atoms with Crippen LogP contribution in [0.5, 0.6) is 0 Å². The molecule has 0 saturated carbocycles. The van der Waals surface area contributed by atoms with E-state index in [0.29, 0.717) is 6.61 Å². The van der Waals surface area contributed by atoms with Crippen molar-refractivity contribution >= 4 is 6.16 Å². The Morgan fingerprint density at radius 3 is 2.55 bits per heavy atom. The van der Waals surface area contributed by atoms with Crippen LogP contribution in [0.3, 0.4) is 0 Å². The summed E-state index contributed by atoms with van der Waals surface area (Å²) < 4.78 is 8.94. The van der Waals surface area contributed by atoms with Crippen molar-refractivity contribution in [1.29, 1.82) is 0 Å². The summed E-state index contributed by atoms with van der Waals surface area (Å²) in [5.74, 6) is 0. The first kappa shape index (κ1) is 10.2. The fourth-order valence-corrected chi connectivity index (χ4v) is 0.595. The zero-order chi connectivity index (χ0) is 8.69. The summed E-state index contributed by atoms with van der Waals surface area (Å²) in [6, 6.07) is 0. The van der Waals surface area contributed by atoms with Gasteiger partial charge in [0.15, 0.2) is 0 Å². The molecule has 0 amide bonds.